The van der Waals surface area contributed by atoms with E-state index in [4.69, 9.17) is 11.1 Å². The number of nitrogens with one attached hydrogen (secondary N) is 3. The van der Waals surface area contributed by atoms with Crippen LogP contribution in [0.3, 0.4) is 0 Å². The van der Waals surface area contributed by atoms with E-state index in [1.165, 1.54) is 30.4 Å². The topological polar surface area (TPSA) is 108 Å². The summed E-state index contributed by atoms with van der Waals surface area (Å²) < 4.78 is 18.5. The van der Waals surface area contributed by atoms with Crippen molar-refractivity contribution in [2.45, 2.75) is 13.0 Å². The molecule has 6 nitrogen and oxygen atoms in total. The third kappa shape index (κ3) is 3.85. The number of anilines is 1. The molecule has 0 fully saturated rings. The smallest absolute Gasteiger partial charge is 0.254 e. The van der Waals surface area contributed by atoms with Crippen LogP contribution in [0.25, 0.3) is 10.1 Å². The number of fused-ring (bicyclic) bond motifs is 1. The standard InChI is InChI=1S/C19H16FIN4O2S/c1-9(18(26)25-21)24-19(27)11-6-7-12(22)15(16(11)20)17(23)14-8-10-4-2-3-5-13(10)28-14/h2-9,23H,22H2,1H3,(H,24,27)(H,25,26)/t9-/m0/s1. The van der Waals surface area contributed by atoms with Crippen LogP contribution in [0.1, 0.15) is 27.7 Å². The van der Waals surface area contributed by atoms with Gasteiger partial charge in [0.25, 0.3) is 11.8 Å². The van der Waals surface area contributed by atoms with Crippen LogP contribution in [-0.4, -0.2) is 23.6 Å². The zero-order valence-electron chi connectivity index (χ0n) is 14.7. The fourth-order valence-corrected chi connectivity index (χ4v) is 4.16. The Labute approximate surface area is 178 Å². The highest BCUT2D eigenvalue weighted by atomic mass is 127. The Bertz CT molecular complexity index is 1070. The molecule has 5 N–H and O–H groups in total. The molecule has 144 valence electrons. The van der Waals surface area contributed by atoms with Gasteiger partial charge in [-0.2, -0.15) is 0 Å². The summed E-state index contributed by atoms with van der Waals surface area (Å²) in [5, 5.41) is 11.8. The van der Waals surface area contributed by atoms with Gasteiger partial charge in [-0.05, 0) is 36.6 Å². The van der Waals surface area contributed by atoms with Gasteiger partial charge in [-0.15, -0.1) is 11.3 Å². The largest absolute Gasteiger partial charge is 0.398 e. The van der Waals surface area contributed by atoms with Gasteiger partial charge < -0.3 is 11.1 Å². The molecule has 1 atom stereocenters. The second kappa shape index (κ2) is 8.23. The van der Waals surface area contributed by atoms with Gasteiger partial charge in [0.15, 0.2) is 0 Å². The summed E-state index contributed by atoms with van der Waals surface area (Å²) in [7, 11) is 0. The van der Waals surface area contributed by atoms with Crippen LogP contribution in [0.15, 0.2) is 42.5 Å². The van der Waals surface area contributed by atoms with Crippen molar-refractivity contribution in [1.82, 2.24) is 8.85 Å². The summed E-state index contributed by atoms with van der Waals surface area (Å²) >= 11 is 3.01. The van der Waals surface area contributed by atoms with Gasteiger partial charge in [0.1, 0.15) is 11.9 Å². The quantitative estimate of drug-likeness (QED) is 0.182. The highest BCUT2D eigenvalue weighted by molar-refractivity contribution is 14.1. The first-order valence-corrected chi connectivity index (χ1v) is 10.1. The number of carbonyl (C=O) groups is 2. The van der Waals surface area contributed by atoms with Gasteiger partial charge >= 0.3 is 0 Å². The molecule has 1 heterocycles. The summed E-state index contributed by atoms with van der Waals surface area (Å²) in [6.07, 6.45) is 0. The lowest BCUT2D eigenvalue weighted by Crippen LogP contribution is -2.42. The van der Waals surface area contributed by atoms with Crippen LogP contribution in [0.2, 0.25) is 0 Å². The summed E-state index contributed by atoms with van der Waals surface area (Å²) in [6, 6.07) is 11.2. The summed E-state index contributed by atoms with van der Waals surface area (Å²) in [5.41, 5.74) is 5.48. The maximum Gasteiger partial charge on any atom is 0.254 e. The van der Waals surface area contributed by atoms with E-state index in [0.29, 0.717) is 4.88 Å². The van der Waals surface area contributed by atoms with Gasteiger partial charge in [0.05, 0.1) is 44.6 Å². The van der Waals surface area contributed by atoms with Crippen LogP contribution in [-0.2, 0) is 4.79 Å². The predicted molar refractivity (Wildman–Crippen MR) is 118 cm³/mol. The van der Waals surface area contributed by atoms with Crippen molar-refractivity contribution in [3.05, 3.63) is 64.3 Å². The Morgan fingerprint density at radius 3 is 2.64 bits per heavy atom. The lowest BCUT2D eigenvalue weighted by molar-refractivity contribution is -0.120. The Kier molecular flexibility index (Phi) is 5.94. The predicted octanol–water partition coefficient (Wildman–Crippen LogP) is 3.62. The normalized spacial score (nSPS) is 11.8. The average molecular weight is 510 g/mol. The van der Waals surface area contributed by atoms with E-state index in [1.807, 2.05) is 24.3 Å². The lowest BCUT2D eigenvalue weighted by Gasteiger charge is -2.14. The molecular formula is C19H16FIN4O2S. The Morgan fingerprint density at radius 1 is 1.25 bits per heavy atom. The zero-order chi connectivity index (χ0) is 20.4. The minimum absolute atomic E-state index is 0.0644. The third-order valence-corrected chi connectivity index (χ3v) is 5.84. The monoisotopic (exact) mass is 510 g/mol. The average Bonchev–Trinajstić information content (AvgIpc) is 3.11. The molecule has 3 aromatic rings. The second-order valence-electron chi connectivity index (χ2n) is 6.07. The maximum absolute atomic E-state index is 15.1. The van der Waals surface area contributed by atoms with Crippen molar-refractivity contribution >= 4 is 67.5 Å². The van der Waals surface area contributed by atoms with Crippen molar-refractivity contribution in [3.8, 4) is 0 Å². The zero-order valence-corrected chi connectivity index (χ0v) is 17.7. The number of nitrogens with two attached hydrogens (primary N) is 1. The van der Waals surface area contributed by atoms with Crippen LogP contribution in [0, 0.1) is 11.2 Å². The summed E-state index contributed by atoms with van der Waals surface area (Å²) in [5.74, 6) is -2.06. The number of nitrogen functional groups attached to an aromatic ring is 1. The van der Waals surface area contributed by atoms with Gasteiger partial charge in [0.2, 0.25) is 0 Å². The first-order chi connectivity index (χ1) is 13.3. The molecule has 2 aromatic carbocycles. The molecule has 0 saturated heterocycles. The number of rotatable bonds is 5. The molecule has 0 radical (unpaired) electrons. The number of carbonyl (C=O) groups excluding carboxylic acids is 2. The molecule has 0 bridgehead atoms. The molecular weight excluding hydrogens is 494 g/mol. The number of hydrogen-bond acceptors (Lipinski definition) is 5. The number of thiophene rings is 1. The van der Waals surface area contributed by atoms with E-state index in [2.05, 4.69) is 8.85 Å². The molecule has 0 aliphatic carbocycles. The summed E-state index contributed by atoms with van der Waals surface area (Å²) in [6.45, 7) is 1.49. The SMILES string of the molecule is C[C@H](NC(=O)c1ccc(N)c(C(=N)c2cc3ccccc3s2)c1F)C(=O)NI. The van der Waals surface area contributed by atoms with Gasteiger partial charge in [0, 0.05) is 10.4 Å². The molecule has 0 aliphatic heterocycles. The van der Waals surface area contributed by atoms with Crippen LogP contribution >= 0.6 is 34.2 Å². The second-order valence-corrected chi connectivity index (χ2v) is 7.69. The van der Waals surface area contributed by atoms with E-state index >= 15 is 4.39 Å². The summed E-state index contributed by atoms with van der Waals surface area (Å²) in [4.78, 5) is 24.5. The molecule has 0 spiro atoms. The molecule has 0 saturated carbocycles. The number of hydrogen-bond donors (Lipinski definition) is 4. The number of benzene rings is 2. The first kappa shape index (κ1) is 20.2. The van der Waals surface area contributed by atoms with Crippen LogP contribution < -0.4 is 14.6 Å². The molecule has 0 unspecified atom stereocenters. The van der Waals surface area contributed by atoms with Crippen molar-refractivity contribution < 1.29 is 14.0 Å². The van der Waals surface area contributed by atoms with Gasteiger partial charge in [-0.1, -0.05) is 18.2 Å². The Hall–Kier alpha value is -2.53. The van der Waals surface area contributed by atoms with Crippen molar-refractivity contribution in [2.75, 3.05) is 5.73 Å². The van der Waals surface area contributed by atoms with E-state index in [1.54, 1.807) is 28.9 Å². The first-order valence-electron chi connectivity index (χ1n) is 8.20. The maximum atomic E-state index is 15.1. The molecule has 0 aliphatic rings. The van der Waals surface area contributed by atoms with Gasteiger partial charge in [-0.3, -0.25) is 18.5 Å². The molecule has 28 heavy (non-hydrogen) atoms. The number of halogens is 2. The van der Waals surface area contributed by atoms with Crippen LogP contribution in [0.5, 0.6) is 0 Å². The van der Waals surface area contributed by atoms with Crippen molar-refractivity contribution in [2.24, 2.45) is 0 Å². The number of amides is 2. The molecule has 3 rings (SSSR count). The third-order valence-electron chi connectivity index (χ3n) is 4.17. The minimum Gasteiger partial charge on any atom is -0.398 e. The molecule has 9 heteroatoms. The highest BCUT2D eigenvalue weighted by Crippen LogP contribution is 2.30. The fourth-order valence-electron chi connectivity index (χ4n) is 2.67. The van der Waals surface area contributed by atoms with Crippen molar-refractivity contribution in [3.63, 3.8) is 0 Å². The molecule has 1 aromatic heterocycles. The lowest BCUT2D eigenvalue weighted by atomic mass is 10.0. The van der Waals surface area contributed by atoms with Crippen molar-refractivity contribution in [1.29, 1.82) is 5.41 Å². The van der Waals surface area contributed by atoms with E-state index < -0.39 is 23.7 Å². The highest BCUT2D eigenvalue weighted by Gasteiger charge is 2.24. The molecule has 2 amide bonds. The van der Waals surface area contributed by atoms with E-state index in [9.17, 15) is 9.59 Å². The van der Waals surface area contributed by atoms with Gasteiger partial charge in [-0.25, -0.2) is 4.39 Å². The van der Waals surface area contributed by atoms with E-state index in [0.717, 1.165) is 10.1 Å². The van der Waals surface area contributed by atoms with E-state index in [-0.39, 0.29) is 22.5 Å². The fraction of sp³-hybridized carbons (Fsp3) is 0.105. The Morgan fingerprint density at radius 2 is 1.96 bits per heavy atom. The van der Waals surface area contributed by atoms with Crippen LogP contribution in [0.4, 0.5) is 10.1 Å². The Balaban J connectivity index is 1.97. The minimum atomic E-state index is -0.887.